The van der Waals surface area contributed by atoms with Gasteiger partial charge in [-0.1, -0.05) is 37.3 Å². The molecule has 0 radical (unpaired) electrons. The fraction of sp³-hybridized carbons (Fsp3) is 0.556. The molecule has 2 amide bonds. The van der Waals surface area contributed by atoms with Crippen molar-refractivity contribution in [3.63, 3.8) is 0 Å². The second-order valence-corrected chi connectivity index (χ2v) is 6.42. The molecular formula is C18H23NO4. The molecule has 0 aliphatic carbocycles. The van der Waals surface area contributed by atoms with Gasteiger partial charge in [0.2, 0.25) is 5.91 Å². The second kappa shape index (κ2) is 7.13. The SMILES string of the molecule is C[C@H]1CCCO[C@@H]1CC(=O)N1C(=O)OC[C@@H]1Cc1ccccc1. The van der Waals surface area contributed by atoms with E-state index in [1.54, 1.807) is 0 Å². The summed E-state index contributed by atoms with van der Waals surface area (Å²) in [5.41, 5.74) is 1.09. The third-order valence-corrected chi connectivity index (χ3v) is 4.69. The lowest BCUT2D eigenvalue weighted by molar-refractivity contribution is -0.134. The summed E-state index contributed by atoms with van der Waals surface area (Å²) < 4.78 is 10.8. The maximum atomic E-state index is 12.6. The van der Waals surface area contributed by atoms with E-state index in [2.05, 4.69) is 6.92 Å². The smallest absolute Gasteiger partial charge is 0.416 e. The third kappa shape index (κ3) is 3.72. The van der Waals surface area contributed by atoms with Crippen LogP contribution in [0.2, 0.25) is 0 Å². The Hall–Kier alpha value is -1.88. The Labute approximate surface area is 136 Å². The van der Waals surface area contributed by atoms with Crippen molar-refractivity contribution in [2.24, 2.45) is 5.92 Å². The number of amides is 2. The Balaban J connectivity index is 1.65. The zero-order valence-corrected chi connectivity index (χ0v) is 13.4. The fourth-order valence-electron chi connectivity index (χ4n) is 3.32. The highest BCUT2D eigenvalue weighted by molar-refractivity contribution is 5.93. The molecule has 2 aliphatic rings. The summed E-state index contributed by atoms with van der Waals surface area (Å²) in [5, 5.41) is 0. The van der Waals surface area contributed by atoms with E-state index < -0.39 is 6.09 Å². The molecule has 5 nitrogen and oxygen atoms in total. The Bertz CT molecular complexity index is 559. The van der Waals surface area contributed by atoms with Gasteiger partial charge in [0.25, 0.3) is 0 Å². The van der Waals surface area contributed by atoms with Crippen molar-refractivity contribution in [3.05, 3.63) is 35.9 Å². The van der Waals surface area contributed by atoms with Gasteiger partial charge in [0.1, 0.15) is 6.61 Å². The van der Waals surface area contributed by atoms with Crippen LogP contribution in [-0.2, 0) is 20.7 Å². The van der Waals surface area contributed by atoms with Crippen LogP contribution in [0.15, 0.2) is 30.3 Å². The first-order valence-electron chi connectivity index (χ1n) is 8.29. The molecule has 23 heavy (non-hydrogen) atoms. The Kier molecular flexibility index (Phi) is 4.96. The number of imide groups is 1. The highest BCUT2D eigenvalue weighted by Gasteiger charge is 2.39. The number of carbonyl (C=O) groups excluding carboxylic acids is 2. The Morgan fingerprint density at radius 2 is 2.09 bits per heavy atom. The van der Waals surface area contributed by atoms with Crippen LogP contribution >= 0.6 is 0 Å². The average molecular weight is 317 g/mol. The van der Waals surface area contributed by atoms with E-state index in [1.165, 1.54) is 4.90 Å². The van der Waals surface area contributed by atoms with Crippen LogP contribution in [0.5, 0.6) is 0 Å². The van der Waals surface area contributed by atoms with Crippen molar-refractivity contribution in [3.8, 4) is 0 Å². The number of hydrogen-bond donors (Lipinski definition) is 0. The molecule has 1 aromatic rings. The Morgan fingerprint density at radius 1 is 1.30 bits per heavy atom. The molecule has 0 unspecified atom stereocenters. The minimum Gasteiger partial charge on any atom is -0.447 e. The normalized spacial score (nSPS) is 27.8. The highest BCUT2D eigenvalue weighted by Crippen LogP contribution is 2.25. The van der Waals surface area contributed by atoms with E-state index in [-0.39, 0.29) is 31.1 Å². The van der Waals surface area contributed by atoms with E-state index in [0.29, 0.717) is 18.9 Å². The number of nitrogens with zero attached hydrogens (tertiary/aromatic N) is 1. The number of ether oxygens (including phenoxy) is 2. The van der Waals surface area contributed by atoms with Crippen LogP contribution in [0.1, 0.15) is 31.7 Å². The predicted octanol–water partition coefficient (Wildman–Crippen LogP) is 2.78. The molecule has 2 saturated heterocycles. The largest absolute Gasteiger partial charge is 0.447 e. The van der Waals surface area contributed by atoms with Gasteiger partial charge in [0.05, 0.1) is 18.6 Å². The average Bonchev–Trinajstić information content (AvgIpc) is 2.91. The minimum atomic E-state index is -0.528. The van der Waals surface area contributed by atoms with Crippen LogP contribution in [0.4, 0.5) is 4.79 Å². The maximum Gasteiger partial charge on any atom is 0.416 e. The quantitative estimate of drug-likeness (QED) is 0.857. The third-order valence-electron chi connectivity index (χ3n) is 4.69. The van der Waals surface area contributed by atoms with Crippen molar-refractivity contribution >= 4 is 12.0 Å². The monoisotopic (exact) mass is 317 g/mol. The van der Waals surface area contributed by atoms with Crippen molar-refractivity contribution in [2.45, 2.75) is 44.8 Å². The zero-order valence-electron chi connectivity index (χ0n) is 13.4. The van der Waals surface area contributed by atoms with Crippen molar-refractivity contribution in [1.29, 1.82) is 0 Å². The standard InChI is InChI=1S/C18H23NO4/c1-13-6-5-9-22-16(13)11-17(20)19-15(12-23-18(19)21)10-14-7-3-2-4-8-14/h2-4,7-8,13,15-16H,5-6,9-12H2,1H3/t13-,15-,16+/m0/s1. The highest BCUT2D eigenvalue weighted by atomic mass is 16.6. The lowest BCUT2D eigenvalue weighted by Gasteiger charge is -2.30. The molecule has 0 saturated carbocycles. The van der Waals surface area contributed by atoms with Gasteiger partial charge in [0.15, 0.2) is 0 Å². The van der Waals surface area contributed by atoms with Gasteiger partial charge in [-0.15, -0.1) is 0 Å². The van der Waals surface area contributed by atoms with E-state index in [0.717, 1.165) is 18.4 Å². The Morgan fingerprint density at radius 3 is 2.83 bits per heavy atom. The van der Waals surface area contributed by atoms with Gasteiger partial charge in [0, 0.05) is 6.61 Å². The first-order chi connectivity index (χ1) is 11.1. The fourth-order valence-corrected chi connectivity index (χ4v) is 3.32. The molecule has 3 rings (SSSR count). The molecule has 0 spiro atoms. The van der Waals surface area contributed by atoms with Crippen molar-refractivity contribution in [2.75, 3.05) is 13.2 Å². The summed E-state index contributed by atoms with van der Waals surface area (Å²) in [7, 11) is 0. The molecule has 5 heteroatoms. The molecule has 2 heterocycles. The van der Waals surface area contributed by atoms with Gasteiger partial charge in [-0.3, -0.25) is 4.79 Å². The van der Waals surface area contributed by atoms with Crippen molar-refractivity contribution in [1.82, 2.24) is 4.90 Å². The van der Waals surface area contributed by atoms with Crippen LogP contribution in [0.25, 0.3) is 0 Å². The first kappa shape index (κ1) is 16.0. The number of carbonyl (C=O) groups is 2. The van der Waals surface area contributed by atoms with E-state index in [4.69, 9.17) is 9.47 Å². The van der Waals surface area contributed by atoms with E-state index in [9.17, 15) is 9.59 Å². The molecular weight excluding hydrogens is 294 g/mol. The van der Waals surface area contributed by atoms with Crippen LogP contribution in [-0.4, -0.2) is 42.3 Å². The summed E-state index contributed by atoms with van der Waals surface area (Å²) in [6.45, 7) is 3.06. The molecule has 2 aliphatic heterocycles. The summed E-state index contributed by atoms with van der Waals surface area (Å²) >= 11 is 0. The summed E-state index contributed by atoms with van der Waals surface area (Å²) in [6, 6.07) is 9.63. The minimum absolute atomic E-state index is 0.0953. The van der Waals surface area contributed by atoms with Crippen LogP contribution in [0, 0.1) is 5.92 Å². The lowest BCUT2D eigenvalue weighted by atomic mass is 9.93. The number of rotatable bonds is 4. The van der Waals surface area contributed by atoms with Gasteiger partial charge in [-0.25, -0.2) is 9.69 Å². The second-order valence-electron chi connectivity index (χ2n) is 6.42. The number of benzene rings is 1. The predicted molar refractivity (Wildman–Crippen MR) is 84.9 cm³/mol. The van der Waals surface area contributed by atoms with Gasteiger partial charge in [-0.05, 0) is 30.7 Å². The van der Waals surface area contributed by atoms with Crippen molar-refractivity contribution < 1.29 is 19.1 Å². The molecule has 124 valence electrons. The molecule has 1 aromatic carbocycles. The topological polar surface area (TPSA) is 55.8 Å². The summed E-state index contributed by atoms with van der Waals surface area (Å²) in [4.78, 5) is 25.9. The molecule has 0 bridgehead atoms. The number of cyclic esters (lactones) is 1. The summed E-state index contributed by atoms with van der Waals surface area (Å²) in [5.74, 6) is 0.158. The molecule has 0 N–H and O–H groups in total. The van der Waals surface area contributed by atoms with Gasteiger partial charge < -0.3 is 9.47 Å². The molecule has 2 fully saturated rings. The van der Waals surface area contributed by atoms with Crippen LogP contribution in [0.3, 0.4) is 0 Å². The van der Waals surface area contributed by atoms with E-state index >= 15 is 0 Å². The molecule has 0 aromatic heterocycles. The van der Waals surface area contributed by atoms with Crippen LogP contribution < -0.4 is 0 Å². The van der Waals surface area contributed by atoms with Gasteiger partial charge >= 0.3 is 6.09 Å². The first-order valence-corrected chi connectivity index (χ1v) is 8.29. The molecule has 3 atom stereocenters. The lowest BCUT2D eigenvalue weighted by Crippen LogP contribution is -2.43. The number of hydrogen-bond acceptors (Lipinski definition) is 4. The van der Waals surface area contributed by atoms with Gasteiger partial charge in [-0.2, -0.15) is 0 Å². The summed E-state index contributed by atoms with van der Waals surface area (Å²) in [6.07, 6.45) is 2.35. The maximum absolute atomic E-state index is 12.6. The van der Waals surface area contributed by atoms with E-state index in [1.807, 2.05) is 30.3 Å². The zero-order chi connectivity index (χ0) is 16.2.